The van der Waals surface area contributed by atoms with E-state index < -0.39 is 0 Å². The van der Waals surface area contributed by atoms with E-state index in [-0.39, 0.29) is 6.10 Å². The highest BCUT2D eigenvalue weighted by molar-refractivity contribution is 5.81. The van der Waals surface area contributed by atoms with Gasteiger partial charge in [0.1, 0.15) is 5.75 Å². The Morgan fingerprint density at radius 1 is 1.14 bits per heavy atom. The molecule has 0 aliphatic heterocycles. The Labute approximate surface area is 128 Å². The van der Waals surface area contributed by atoms with Crippen molar-refractivity contribution in [1.82, 2.24) is 0 Å². The van der Waals surface area contributed by atoms with E-state index in [0.717, 1.165) is 28.9 Å². The van der Waals surface area contributed by atoms with E-state index in [4.69, 9.17) is 4.74 Å². The highest BCUT2D eigenvalue weighted by atomic mass is 16.5. The maximum absolute atomic E-state index is 5.96. The molecular formula is C20H24O. The molecule has 21 heavy (non-hydrogen) atoms. The molecule has 0 saturated heterocycles. The van der Waals surface area contributed by atoms with Crippen LogP contribution in [0.4, 0.5) is 0 Å². The van der Waals surface area contributed by atoms with Crippen LogP contribution in [0.1, 0.15) is 43.0 Å². The molecule has 110 valence electrons. The highest BCUT2D eigenvalue weighted by Gasteiger charge is 2.11. The molecule has 0 saturated carbocycles. The lowest BCUT2D eigenvalue weighted by Gasteiger charge is -2.17. The molecule has 2 aromatic carbocycles. The van der Waals surface area contributed by atoms with Crippen molar-refractivity contribution < 1.29 is 4.74 Å². The lowest BCUT2D eigenvalue weighted by Crippen LogP contribution is -2.07. The smallest absolute Gasteiger partial charge is 0.127 e. The Hall–Kier alpha value is -2.02. The van der Waals surface area contributed by atoms with E-state index >= 15 is 0 Å². The molecule has 0 radical (unpaired) electrons. The molecule has 0 bridgehead atoms. The van der Waals surface area contributed by atoms with Crippen molar-refractivity contribution >= 4 is 5.57 Å². The lowest BCUT2D eigenvalue weighted by atomic mass is 9.95. The van der Waals surface area contributed by atoms with Crippen molar-refractivity contribution in [2.75, 3.05) is 0 Å². The Morgan fingerprint density at radius 2 is 1.90 bits per heavy atom. The van der Waals surface area contributed by atoms with Gasteiger partial charge < -0.3 is 4.74 Å². The predicted molar refractivity (Wildman–Crippen MR) is 90.9 cm³/mol. The SMILES string of the molecule is C=C(c1cccc(C)c1)c1cc(CC)ccc1OC(C)C. The van der Waals surface area contributed by atoms with Crippen LogP contribution in [0.5, 0.6) is 5.75 Å². The summed E-state index contributed by atoms with van der Waals surface area (Å²) in [6, 6.07) is 14.8. The third-order valence-corrected chi connectivity index (χ3v) is 3.51. The standard InChI is InChI=1S/C20H24O/c1-6-17-10-11-20(21-14(2)3)19(13-17)16(5)18-9-7-8-15(4)12-18/h7-14H,5-6H2,1-4H3. The van der Waals surface area contributed by atoms with Crippen LogP contribution < -0.4 is 4.74 Å². The van der Waals surface area contributed by atoms with Crippen LogP contribution in [0.15, 0.2) is 49.0 Å². The van der Waals surface area contributed by atoms with Crippen molar-refractivity contribution in [3.8, 4) is 5.75 Å². The molecule has 0 unspecified atom stereocenters. The monoisotopic (exact) mass is 280 g/mol. The van der Waals surface area contributed by atoms with Gasteiger partial charge in [-0.15, -0.1) is 0 Å². The molecule has 0 amide bonds. The summed E-state index contributed by atoms with van der Waals surface area (Å²) in [7, 11) is 0. The topological polar surface area (TPSA) is 9.23 Å². The predicted octanol–water partition coefficient (Wildman–Crippen LogP) is 5.41. The largest absolute Gasteiger partial charge is 0.490 e. The molecule has 0 atom stereocenters. The summed E-state index contributed by atoms with van der Waals surface area (Å²) >= 11 is 0. The number of rotatable bonds is 5. The minimum absolute atomic E-state index is 0.154. The first-order valence-electron chi connectivity index (χ1n) is 7.57. The molecule has 0 N–H and O–H groups in total. The third-order valence-electron chi connectivity index (χ3n) is 3.51. The quantitative estimate of drug-likeness (QED) is 0.712. The molecule has 1 nitrogen and oxygen atoms in total. The first-order valence-corrected chi connectivity index (χ1v) is 7.57. The molecule has 0 spiro atoms. The van der Waals surface area contributed by atoms with Gasteiger partial charge >= 0.3 is 0 Å². The third kappa shape index (κ3) is 3.75. The zero-order valence-electron chi connectivity index (χ0n) is 13.4. The molecule has 0 aromatic heterocycles. The molecule has 0 aliphatic rings. The van der Waals surface area contributed by atoms with Crippen LogP contribution in [-0.4, -0.2) is 6.10 Å². The summed E-state index contributed by atoms with van der Waals surface area (Å²) in [6.07, 6.45) is 1.16. The van der Waals surface area contributed by atoms with Gasteiger partial charge in [0.05, 0.1) is 6.10 Å². The zero-order chi connectivity index (χ0) is 15.4. The minimum Gasteiger partial charge on any atom is -0.490 e. The summed E-state index contributed by atoms with van der Waals surface area (Å²) in [4.78, 5) is 0. The van der Waals surface area contributed by atoms with Gasteiger partial charge in [-0.1, -0.05) is 49.4 Å². The number of aryl methyl sites for hydroxylation is 2. The molecule has 0 aliphatic carbocycles. The number of benzene rings is 2. The molecule has 1 heteroatoms. The fourth-order valence-corrected chi connectivity index (χ4v) is 2.38. The fourth-order valence-electron chi connectivity index (χ4n) is 2.38. The summed E-state index contributed by atoms with van der Waals surface area (Å²) < 4.78 is 5.96. The maximum Gasteiger partial charge on any atom is 0.127 e. The second-order valence-corrected chi connectivity index (χ2v) is 5.70. The van der Waals surface area contributed by atoms with E-state index in [1.54, 1.807) is 0 Å². The van der Waals surface area contributed by atoms with E-state index in [1.807, 2.05) is 13.8 Å². The summed E-state index contributed by atoms with van der Waals surface area (Å²) in [5.41, 5.74) is 5.80. The van der Waals surface area contributed by atoms with Crippen molar-refractivity contribution in [2.45, 2.75) is 40.2 Å². The molecule has 0 fully saturated rings. The minimum atomic E-state index is 0.154. The van der Waals surface area contributed by atoms with Gasteiger partial charge in [-0.25, -0.2) is 0 Å². The second-order valence-electron chi connectivity index (χ2n) is 5.70. The van der Waals surface area contributed by atoms with Gasteiger partial charge in [-0.3, -0.25) is 0 Å². The van der Waals surface area contributed by atoms with Crippen molar-refractivity contribution in [3.63, 3.8) is 0 Å². The van der Waals surface area contributed by atoms with Gasteiger partial charge in [0, 0.05) is 5.56 Å². The van der Waals surface area contributed by atoms with Crippen LogP contribution in [0.2, 0.25) is 0 Å². The maximum atomic E-state index is 5.96. The first kappa shape index (κ1) is 15.4. The Morgan fingerprint density at radius 3 is 2.52 bits per heavy atom. The van der Waals surface area contributed by atoms with E-state index in [0.29, 0.717) is 0 Å². The van der Waals surface area contributed by atoms with Crippen LogP contribution in [0.25, 0.3) is 5.57 Å². The van der Waals surface area contributed by atoms with Crippen LogP contribution in [0.3, 0.4) is 0 Å². The number of hydrogen-bond acceptors (Lipinski definition) is 1. The number of hydrogen-bond donors (Lipinski definition) is 0. The van der Waals surface area contributed by atoms with Gasteiger partial charge in [-0.2, -0.15) is 0 Å². The summed E-state index contributed by atoms with van der Waals surface area (Å²) in [5, 5.41) is 0. The summed E-state index contributed by atoms with van der Waals surface area (Å²) in [5.74, 6) is 0.911. The molecule has 0 heterocycles. The fraction of sp³-hybridized carbons (Fsp3) is 0.300. The molecule has 2 aromatic rings. The van der Waals surface area contributed by atoms with E-state index in [2.05, 4.69) is 62.9 Å². The highest BCUT2D eigenvalue weighted by Crippen LogP contribution is 2.32. The second kappa shape index (κ2) is 6.62. The number of ether oxygens (including phenoxy) is 1. The van der Waals surface area contributed by atoms with Crippen LogP contribution in [0, 0.1) is 6.92 Å². The molecule has 2 rings (SSSR count). The van der Waals surface area contributed by atoms with Gasteiger partial charge in [0.15, 0.2) is 0 Å². The zero-order valence-corrected chi connectivity index (χ0v) is 13.4. The first-order chi connectivity index (χ1) is 10.0. The van der Waals surface area contributed by atoms with E-state index in [1.165, 1.54) is 11.1 Å². The average Bonchev–Trinajstić information content (AvgIpc) is 2.46. The van der Waals surface area contributed by atoms with Gasteiger partial charge in [0.2, 0.25) is 0 Å². The summed E-state index contributed by atoms with van der Waals surface area (Å²) in [6.45, 7) is 12.7. The van der Waals surface area contributed by atoms with Crippen LogP contribution in [-0.2, 0) is 6.42 Å². The van der Waals surface area contributed by atoms with Gasteiger partial charge in [-0.05, 0) is 56.0 Å². The Balaban J connectivity index is 2.46. The van der Waals surface area contributed by atoms with Crippen LogP contribution >= 0.6 is 0 Å². The average molecular weight is 280 g/mol. The normalized spacial score (nSPS) is 10.7. The van der Waals surface area contributed by atoms with Crippen molar-refractivity contribution in [2.24, 2.45) is 0 Å². The Kier molecular flexibility index (Phi) is 4.85. The Bertz CT molecular complexity index is 638. The lowest BCUT2D eigenvalue weighted by molar-refractivity contribution is 0.241. The van der Waals surface area contributed by atoms with Gasteiger partial charge in [0.25, 0.3) is 0 Å². The van der Waals surface area contributed by atoms with Crippen molar-refractivity contribution in [3.05, 3.63) is 71.3 Å². The van der Waals surface area contributed by atoms with E-state index in [9.17, 15) is 0 Å². The molecular weight excluding hydrogens is 256 g/mol. The van der Waals surface area contributed by atoms with Crippen molar-refractivity contribution in [1.29, 1.82) is 0 Å².